The van der Waals surface area contributed by atoms with E-state index < -0.39 is 4.92 Å². The zero-order valence-electron chi connectivity index (χ0n) is 8.90. The van der Waals surface area contributed by atoms with Gasteiger partial charge in [-0.15, -0.1) is 0 Å². The van der Waals surface area contributed by atoms with Crippen LogP contribution in [0.5, 0.6) is 11.5 Å². The first-order chi connectivity index (χ1) is 8.11. The Morgan fingerprint density at radius 1 is 1.53 bits per heavy atom. The molecule has 88 valence electrons. The van der Waals surface area contributed by atoms with Crippen molar-refractivity contribution in [2.75, 3.05) is 7.11 Å². The number of benzene rings is 1. The Hall–Kier alpha value is -2.57. The van der Waals surface area contributed by atoms with E-state index in [-0.39, 0.29) is 11.4 Å². The number of nitrogens with zero attached hydrogens (tertiary/aromatic N) is 3. The molecule has 1 aromatic carbocycles. The summed E-state index contributed by atoms with van der Waals surface area (Å²) < 4.78 is 6.36. The van der Waals surface area contributed by atoms with Crippen molar-refractivity contribution in [3.05, 3.63) is 40.7 Å². The molecule has 0 amide bonds. The summed E-state index contributed by atoms with van der Waals surface area (Å²) in [5.74, 6) is 0.486. The van der Waals surface area contributed by atoms with Gasteiger partial charge in [-0.2, -0.15) is 5.10 Å². The predicted molar refractivity (Wildman–Crippen MR) is 58.4 cm³/mol. The van der Waals surface area contributed by atoms with Crippen molar-refractivity contribution in [1.29, 1.82) is 0 Å². The van der Waals surface area contributed by atoms with Gasteiger partial charge in [0, 0.05) is 6.07 Å². The third-order valence-corrected chi connectivity index (χ3v) is 2.19. The molecule has 0 saturated heterocycles. The average Bonchev–Trinajstić information content (AvgIpc) is 2.78. The first-order valence-electron chi connectivity index (χ1n) is 4.68. The summed E-state index contributed by atoms with van der Waals surface area (Å²) in [4.78, 5) is 10.00. The van der Waals surface area contributed by atoms with Crippen LogP contribution in [-0.2, 0) is 0 Å². The van der Waals surface area contributed by atoms with Gasteiger partial charge in [0.25, 0.3) is 0 Å². The molecule has 2 rings (SSSR count). The fourth-order valence-electron chi connectivity index (χ4n) is 1.40. The standard InChI is InChI=1S/C10H9N3O4/c1-17-10-3-2-8(14)4-9(10)12-6-7(5-11-12)13(15)16/h2-6,14H,1H3. The molecule has 0 aliphatic heterocycles. The highest BCUT2D eigenvalue weighted by Gasteiger charge is 2.13. The summed E-state index contributed by atoms with van der Waals surface area (Å²) in [6, 6.07) is 4.42. The lowest BCUT2D eigenvalue weighted by molar-refractivity contribution is -0.384. The quantitative estimate of drug-likeness (QED) is 0.643. The van der Waals surface area contributed by atoms with Crippen molar-refractivity contribution in [3.63, 3.8) is 0 Å². The highest BCUT2D eigenvalue weighted by molar-refractivity contribution is 5.51. The summed E-state index contributed by atoms with van der Waals surface area (Å²) in [5, 5.41) is 23.8. The minimum Gasteiger partial charge on any atom is -0.508 e. The summed E-state index contributed by atoms with van der Waals surface area (Å²) in [5.41, 5.74) is 0.302. The van der Waals surface area contributed by atoms with Gasteiger partial charge in [0.05, 0.1) is 12.0 Å². The van der Waals surface area contributed by atoms with E-state index in [1.165, 1.54) is 30.1 Å². The van der Waals surface area contributed by atoms with Crippen LogP contribution < -0.4 is 4.74 Å². The van der Waals surface area contributed by atoms with E-state index in [0.717, 1.165) is 6.20 Å². The van der Waals surface area contributed by atoms with Crippen LogP contribution in [0.3, 0.4) is 0 Å². The molecule has 0 fully saturated rings. The molecule has 0 bridgehead atoms. The van der Waals surface area contributed by atoms with Gasteiger partial charge in [-0.25, -0.2) is 4.68 Å². The maximum Gasteiger partial charge on any atom is 0.307 e. The second-order valence-corrected chi connectivity index (χ2v) is 3.26. The molecule has 0 saturated carbocycles. The maximum absolute atomic E-state index is 10.5. The monoisotopic (exact) mass is 235 g/mol. The van der Waals surface area contributed by atoms with Crippen LogP contribution in [0.2, 0.25) is 0 Å². The predicted octanol–water partition coefficient (Wildman–Crippen LogP) is 1.49. The number of methoxy groups -OCH3 is 1. The van der Waals surface area contributed by atoms with E-state index in [2.05, 4.69) is 5.10 Å². The van der Waals surface area contributed by atoms with Gasteiger partial charge in [0.2, 0.25) is 0 Å². The van der Waals surface area contributed by atoms with Crippen molar-refractivity contribution in [3.8, 4) is 17.2 Å². The molecule has 0 spiro atoms. The molecule has 2 aromatic rings. The Labute approximate surface area is 96.0 Å². The zero-order valence-corrected chi connectivity index (χ0v) is 8.90. The van der Waals surface area contributed by atoms with Gasteiger partial charge in [-0.05, 0) is 12.1 Å². The molecular weight excluding hydrogens is 226 g/mol. The summed E-state index contributed by atoms with van der Waals surface area (Å²) >= 11 is 0. The normalized spacial score (nSPS) is 10.2. The van der Waals surface area contributed by atoms with E-state index in [9.17, 15) is 15.2 Å². The Morgan fingerprint density at radius 2 is 2.29 bits per heavy atom. The number of aromatic nitrogens is 2. The second kappa shape index (κ2) is 4.12. The largest absolute Gasteiger partial charge is 0.508 e. The third-order valence-electron chi connectivity index (χ3n) is 2.19. The van der Waals surface area contributed by atoms with Crippen molar-refractivity contribution in [2.45, 2.75) is 0 Å². The molecule has 1 aromatic heterocycles. The zero-order chi connectivity index (χ0) is 12.4. The van der Waals surface area contributed by atoms with Crippen molar-refractivity contribution < 1.29 is 14.8 Å². The van der Waals surface area contributed by atoms with Crippen LogP contribution in [0.4, 0.5) is 5.69 Å². The van der Waals surface area contributed by atoms with Gasteiger partial charge < -0.3 is 9.84 Å². The molecule has 0 radical (unpaired) electrons. The molecule has 7 nitrogen and oxygen atoms in total. The van der Waals surface area contributed by atoms with Gasteiger partial charge in [0.15, 0.2) is 0 Å². The van der Waals surface area contributed by atoms with E-state index in [4.69, 9.17) is 4.74 Å². The Morgan fingerprint density at radius 3 is 2.88 bits per heavy atom. The molecule has 1 N–H and O–H groups in total. The van der Waals surface area contributed by atoms with Crippen LogP contribution in [0, 0.1) is 10.1 Å². The van der Waals surface area contributed by atoms with Gasteiger partial charge in [-0.1, -0.05) is 0 Å². The maximum atomic E-state index is 10.5. The third kappa shape index (κ3) is 2.03. The first kappa shape index (κ1) is 10.9. The molecule has 0 unspecified atom stereocenters. The lowest BCUT2D eigenvalue weighted by Gasteiger charge is -2.07. The van der Waals surface area contributed by atoms with E-state index in [1.807, 2.05) is 0 Å². The minimum absolute atomic E-state index is 0.0268. The Balaban J connectivity index is 2.51. The van der Waals surface area contributed by atoms with Gasteiger partial charge >= 0.3 is 5.69 Å². The average molecular weight is 235 g/mol. The van der Waals surface area contributed by atoms with Crippen LogP contribution >= 0.6 is 0 Å². The highest BCUT2D eigenvalue weighted by Crippen LogP contribution is 2.27. The Kier molecular flexibility index (Phi) is 2.65. The number of nitro groups is 1. The lowest BCUT2D eigenvalue weighted by Crippen LogP contribution is -1.98. The summed E-state index contributed by atoms with van der Waals surface area (Å²) in [6.07, 6.45) is 2.38. The van der Waals surface area contributed by atoms with Crippen LogP contribution in [-0.4, -0.2) is 26.9 Å². The molecule has 7 heteroatoms. The number of ether oxygens (including phenoxy) is 1. The molecular formula is C10H9N3O4. The van der Waals surface area contributed by atoms with Gasteiger partial charge in [0.1, 0.15) is 29.6 Å². The van der Waals surface area contributed by atoms with Crippen molar-refractivity contribution in [1.82, 2.24) is 9.78 Å². The molecule has 0 aliphatic carbocycles. The number of hydrogen-bond donors (Lipinski definition) is 1. The number of hydrogen-bond acceptors (Lipinski definition) is 5. The van der Waals surface area contributed by atoms with Gasteiger partial charge in [-0.3, -0.25) is 10.1 Å². The molecule has 17 heavy (non-hydrogen) atoms. The smallest absolute Gasteiger partial charge is 0.307 e. The molecule has 0 atom stereocenters. The fourth-order valence-corrected chi connectivity index (χ4v) is 1.40. The van der Waals surface area contributed by atoms with Crippen LogP contribution in [0.1, 0.15) is 0 Å². The number of aromatic hydroxyl groups is 1. The summed E-state index contributed by atoms with van der Waals surface area (Å²) in [6.45, 7) is 0. The number of phenolic OH excluding ortho intramolecular Hbond substituents is 1. The van der Waals surface area contributed by atoms with Crippen LogP contribution in [0.15, 0.2) is 30.6 Å². The minimum atomic E-state index is -0.543. The Bertz CT molecular complexity index is 564. The van der Waals surface area contributed by atoms with Crippen LogP contribution in [0.25, 0.3) is 5.69 Å². The summed E-state index contributed by atoms with van der Waals surface area (Å²) in [7, 11) is 1.47. The lowest BCUT2D eigenvalue weighted by atomic mass is 10.3. The fraction of sp³-hybridized carbons (Fsp3) is 0.100. The first-order valence-corrected chi connectivity index (χ1v) is 4.68. The topological polar surface area (TPSA) is 90.4 Å². The van der Waals surface area contributed by atoms with E-state index in [0.29, 0.717) is 11.4 Å². The van der Waals surface area contributed by atoms with E-state index in [1.54, 1.807) is 6.07 Å². The van der Waals surface area contributed by atoms with Crippen molar-refractivity contribution in [2.24, 2.45) is 0 Å². The second-order valence-electron chi connectivity index (χ2n) is 3.26. The number of rotatable bonds is 3. The highest BCUT2D eigenvalue weighted by atomic mass is 16.6. The SMILES string of the molecule is COc1ccc(O)cc1-n1cc([N+](=O)[O-])cn1. The van der Waals surface area contributed by atoms with E-state index >= 15 is 0 Å². The number of phenols is 1. The molecule has 1 heterocycles. The molecule has 0 aliphatic rings. The van der Waals surface area contributed by atoms with Crippen molar-refractivity contribution >= 4 is 5.69 Å².